The lowest BCUT2D eigenvalue weighted by Crippen LogP contribution is -2.54. The van der Waals surface area contributed by atoms with Crippen LogP contribution in [0.1, 0.15) is 37.0 Å². The van der Waals surface area contributed by atoms with Gasteiger partial charge in [-0.25, -0.2) is 8.42 Å². The van der Waals surface area contributed by atoms with Crippen molar-refractivity contribution in [1.82, 2.24) is 10.2 Å². The minimum Gasteiger partial charge on any atom is -0.352 e. The Morgan fingerprint density at radius 1 is 0.809 bits per heavy atom. The lowest BCUT2D eigenvalue weighted by atomic mass is 10.0. The highest BCUT2D eigenvalue weighted by molar-refractivity contribution is 7.92. The third-order valence-electron chi connectivity index (χ3n) is 7.63. The number of nitrogens with one attached hydrogen (secondary N) is 1. The Kier molecular flexibility index (Phi) is 12.6. The molecule has 0 unspecified atom stereocenters. The maximum atomic E-state index is 14.6. The van der Waals surface area contributed by atoms with Gasteiger partial charge in [-0.1, -0.05) is 107 Å². The maximum absolute atomic E-state index is 14.6. The molecule has 0 fully saturated rings. The van der Waals surface area contributed by atoms with Gasteiger partial charge in [0.15, 0.2) is 0 Å². The van der Waals surface area contributed by atoms with E-state index in [2.05, 4.69) is 5.32 Å². The second-order valence-corrected chi connectivity index (χ2v) is 14.8. The molecule has 0 aliphatic rings. The molecule has 2 amide bonds. The predicted octanol–water partition coefficient (Wildman–Crippen LogP) is 8.36. The quantitative estimate of drug-likeness (QED) is 0.150. The van der Waals surface area contributed by atoms with E-state index in [-0.39, 0.29) is 50.6 Å². The van der Waals surface area contributed by atoms with Gasteiger partial charge in [0.25, 0.3) is 10.0 Å². The summed E-state index contributed by atoms with van der Waals surface area (Å²) in [4.78, 5) is 29.9. The average Bonchev–Trinajstić information content (AvgIpc) is 3.03. The molecule has 0 heterocycles. The summed E-state index contributed by atoms with van der Waals surface area (Å²) in [6.07, 6.45) is 0.840. The number of amides is 2. The lowest BCUT2D eigenvalue weighted by molar-refractivity contribution is -0.140. The SMILES string of the molecule is CC[C@@H](C)NC(=O)[C@@H](Cc1ccccc1)N(Cc1ccc(Cl)c(Cl)c1)C(=O)CN(c1cc(Cl)cc(Cl)c1)S(=O)(=O)c1ccc(C)cc1. The van der Waals surface area contributed by atoms with Crippen LogP contribution in [0.2, 0.25) is 20.1 Å². The number of halogens is 4. The topological polar surface area (TPSA) is 86.8 Å². The van der Waals surface area contributed by atoms with Crippen LogP contribution in [0.15, 0.2) is 95.9 Å². The van der Waals surface area contributed by atoms with E-state index in [0.29, 0.717) is 17.0 Å². The van der Waals surface area contributed by atoms with Crippen molar-refractivity contribution in [3.05, 3.63) is 128 Å². The molecular weight excluding hydrogens is 700 g/mol. The van der Waals surface area contributed by atoms with Crippen LogP contribution in [0, 0.1) is 6.92 Å². The minimum absolute atomic E-state index is 0.0293. The van der Waals surface area contributed by atoms with E-state index < -0.39 is 28.5 Å². The first-order valence-corrected chi connectivity index (χ1v) is 17.9. The fourth-order valence-corrected chi connectivity index (χ4v) is 7.11. The molecule has 0 aliphatic heterocycles. The molecule has 12 heteroatoms. The molecule has 0 saturated carbocycles. The number of anilines is 1. The second kappa shape index (κ2) is 16.2. The summed E-state index contributed by atoms with van der Waals surface area (Å²) in [5, 5.41) is 3.99. The van der Waals surface area contributed by atoms with Crippen LogP contribution in [0.3, 0.4) is 0 Å². The Morgan fingerprint density at radius 2 is 1.45 bits per heavy atom. The average molecular weight is 736 g/mol. The molecule has 4 aromatic carbocycles. The molecule has 47 heavy (non-hydrogen) atoms. The second-order valence-electron chi connectivity index (χ2n) is 11.2. The monoisotopic (exact) mass is 733 g/mol. The van der Waals surface area contributed by atoms with Crippen molar-refractivity contribution >= 4 is 73.9 Å². The van der Waals surface area contributed by atoms with Crippen LogP contribution in [0.25, 0.3) is 0 Å². The maximum Gasteiger partial charge on any atom is 0.264 e. The molecule has 2 atom stereocenters. The molecule has 7 nitrogen and oxygen atoms in total. The van der Waals surface area contributed by atoms with Gasteiger partial charge in [-0.15, -0.1) is 0 Å². The number of carbonyl (C=O) groups excluding carboxylic acids is 2. The highest BCUT2D eigenvalue weighted by Gasteiger charge is 2.35. The third kappa shape index (κ3) is 9.64. The molecule has 0 bridgehead atoms. The van der Waals surface area contributed by atoms with E-state index in [1.54, 1.807) is 30.3 Å². The van der Waals surface area contributed by atoms with Crippen LogP contribution in [0.4, 0.5) is 5.69 Å². The van der Waals surface area contributed by atoms with E-state index in [0.717, 1.165) is 15.4 Å². The Balaban J connectivity index is 1.85. The number of benzene rings is 4. The summed E-state index contributed by atoms with van der Waals surface area (Å²) >= 11 is 25.1. The Bertz CT molecular complexity index is 1800. The molecule has 4 rings (SSSR count). The van der Waals surface area contributed by atoms with Gasteiger partial charge < -0.3 is 10.2 Å². The van der Waals surface area contributed by atoms with Gasteiger partial charge >= 0.3 is 0 Å². The standard InChI is InChI=1S/C35H35Cl4N3O4S/c1-4-24(3)40-35(44)33(17-25-8-6-5-7-9-25)41(21-26-12-15-31(38)32(39)16-26)34(43)22-42(29-19-27(36)18-28(37)20-29)47(45,46)30-13-10-23(2)11-14-30/h5-16,18-20,24,33H,4,17,21-22H2,1-3H3,(H,40,44)/t24-,33-/m1/s1. The fourth-order valence-electron chi connectivity index (χ4n) is 4.88. The van der Waals surface area contributed by atoms with Gasteiger partial charge in [0, 0.05) is 29.1 Å². The highest BCUT2D eigenvalue weighted by atomic mass is 35.5. The minimum atomic E-state index is -4.32. The van der Waals surface area contributed by atoms with Crippen molar-refractivity contribution in [2.24, 2.45) is 0 Å². The smallest absolute Gasteiger partial charge is 0.264 e. The van der Waals surface area contributed by atoms with E-state index in [1.807, 2.05) is 51.1 Å². The van der Waals surface area contributed by atoms with Crippen molar-refractivity contribution < 1.29 is 18.0 Å². The number of aryl methyl sites for hydroxylation is 1. The lowest BCUT2D eigenvalue weighted by Gasteiger charge is -2.34. The number of carbonyl (C=O) groups is 2. The molecule has 0 aromatic heterocycles. The number of hydrogen-bond acceptors (Lipinski definition) is 4. The molecule has 0 aliphatic carbocycles. The molecular formula is C35H35Cl4N3O4S. The van der Waals surface area contributed by atoms with Crippen molar-refractivity contribution in [2.75, 3.05) is 10.8 Å². The normalized spacial score (nSPS) is 12.7. The summed E-state index contributed by atoms with van der Waals surface area (Å²) in [6, 6.07) is 23.6. The number of rotatable bonds is 13. The molecule has 4 aromatic rings. The van der Waals surface area contributed by atoms with Gasteiger partial charge in [0.1, 0.15) is 12.6 Å². The van der Waals surface area contributed by atoms with Gasteiger partial charge in [0.2, 0.25) is 11.8 Å². The third-order valence-corrected chi connectivity index (χ3v) is 10.6. The van der Waals surface area contributed by atoms with Crippen LogP contribution in [0.5, 0.6) is 0 Å². The zero-order chi connectivity index (χ0) is 34.3. The summed E-state index contributed by atoms with van der Waals surface area (Å²) in [5.74, 6) is -1.02. The van der Waals surface area contributed by atoms with Gasteiger partial charge in [-0.2, -0.15) is 0 Å². The van der Waals surface area contributed by atoms with Crippen LogP contribution >= 0.6 is 46.4 Å². The number of sulfonamides is 1. The van der Waals surface area contributed by atoms with Crippen molar-refractivity contribution in [3.63, 3.8) is 0 Å². The predicted molar refractivity (Wildman–Crippen MR) is 191 cm³/mol. The highest BCUT2D eigenvalue weighted by Crippen LogP contribution is 2.31. The Labute approximate surface area is 296 Å². The van der Waals surface area contributed by atoms with Crippen molar-refractivity contribution in [3.8, 4) is 0 Å². The van der Waals surface area contributed by atoms with Crippen LogP contribution in [-0.4, -0.2) is 43.8 Å². The molecule has 248 valence electrons. The zero-order valence-corrected chi connectivity index (χ0v) is 29.9. The Hall–Kier alpha value is -3.27. The van der Waals surface area contributed by atoms with Gasteiger partial charge in [-0.05, 0) is 73.9 Å². The Morgan fingerprint density at radius 3 is 2.04 bits per heavy atom. The fraction of sp³-hybridized carbons (Fsp3) is 0.257. The summed E-state index contributed by atoms with van der Waals surface area (Å²) in [5.41, 5.74) is 2.37. The van der Waals surface area contributed by atoms with Crippen molar-refractivity contribution in [2.45, 2.75) is 57.1 Å². The van der Waals surface area contributed by atoms with Crippen molar-refractivity contribution in [1.29, 1.82) is 0 Å². The molecule has 0 spiro atoms. The first kappa shape index (κ1) is 36.6. The van der Waals surface area contributed by atoms with E-state index in [1.165, 1.54) is 35.2 Å². The number of hydrogen-bond donors (Lipinski definition) is 1. The first-order chi connectivity index (χ1) is 22.3. The van der Waals surface area contributed by atoms with Crippen LogP contribution in [-0.2, 0) is 32.6 Å². The largest absolute Gasteiger partial charge is 0.352 e. The summed E-state index contributed by atoms with van der Waals surface area (Å²) in [6.45, 7) is 4.94. The first-order valence-electron chi connectivity index (χ1n) is 14.9. The zero-order valence-electron chi connectivity index (χ0n) is 26.1. The van der Waals surface area contributed by atoms with E-state index in [4.69, 9.17) is 46.4 Å². The summed E-state index contributed by atoms with van der Waals surface area (Å²) < 4.78 is 29.4. The van der Waals surface area contributed by atoms with E-state index in [9.17, 15) is 18.0 Å². The van der Waals surface area contributed by atoms with Crippen LogP contribution < -0.4 is 9.62 Å². The molecule has 0 saturated heterocycles. The molecule has 0 radical (unpaired) electrons. The van der Waals surface area contributed by atoms with Gasteiger partial charge in [-0.3, -0.25) is 13.9 Å². The summed E-state index contributed by atoms with van der Waals surface area (Å²) in [7, 11) is -4.32. The van der Waals surface area contributed by atoms with Gasteiger partial charge in [0.05, 0.1) is 20.6 Å². The van der Waals surface area contributed by atoms with E-state index >= 15 is 0 Å². The number of nitrogens with zero attached hydrogens (tertiary/aromatic N) is 2. The molecule has 1 N–H and O–H groups in total.